The van der Waals surface area contributed by atoms with Gasteiger partial charge in [0.25, 0.3) is 5.56 Å². The number of H-pyrrole nitrogens is 1. The largest absolute Gasteiger partial charge is 0.461 e. The van der Waals surface area contributed by atoms with Crippen molar-refractivity contribution in [3.05, 3.63) is 38.7 Å². The predicted octanol–water partition coefficient (Wildman–Crippen LogP) is 1.86. The van der Waals surface area contributed by atoms with Crippen LogP contribution in [0.1, 0.15) is 17.4 Å². The highest BCUT2D eigenvalue weighted by Gasteiger charge is 2.14. The molecule has 2 aromatic rings. The van der Waals surface area contributed by atoms with Gasteiger partial charge in [-0.15, -0.1) is 0 Å². The Morgan fingerprint density at radius 3 is 3.00 bits per heavy atom. The van der Waals surface area contributed by atoms with Crippen LogP contribution < -0.4 is 5.56 Å². The lowest BCUT2D eigenvalue weighted by atomic mass is 10.3. The zero-order valence-electron chi connectivity index (χ0n) is 8.99. The van der Waals surface area contributed by atoms with E-state index in [1.807, 2.05) is 0 Å². The van der Waals surface area contributed by atoms with Crippen molar-refractivity contribution < 1.29 is 9.53 Å². The number of hydrogen-bond acceptors (Lipinski definition) is 4. The van der Waals surface area contributed by atoms with Crippen molar-refractivity contribution in [3.8, 4) is 0 Å². The molecule has 0 aliphatic rings. The van der Waals surface area contributed by atoms with Crippen LogP contribution in [0.25, 0.3) is 11.0 Å². The molecule has 0 spiro atoms. The summed E-state index contributed by atoms with van der Waals surface area (Å²) in [6, 6.07) is 5.21. The van der Waals surface area contributed by atoms with E-state index in [-0.39, 0.29) is 12.3 Å². The SMILES string of the molecule is CCOC(=O)c1nc2cc(Br)ccc2[nH]c1=O. The molecule has 0 fully saturated rings. The lowest BCUT2D eigenvalue weighted by Crippen LogP contribution is -2.22. The fourth-order valence-corrected chi connectivity index (χ4v) is 1.74. The monoisotopic (exact) mass is 296 g/mol. The third kappa shape index (κ3) is 2.36. The van der Waals surface area contributed by atoms with Gasteiger partial charge in [0.2, 0.25) is 5.69 Å². The summed E-state index contributed by atoms with van der Waals surface area (Å²) < 4.78 is 5.57. The van der Waals surface area contributed by atoms with E-state index in [0.717, 1.165) is 4.47 Å². The molecule has 0 radical (unpaired) electrons. The van der Waals surface area contributed by atoms with Crippen LogP contribution in [-0.4, -0.2) is 22.5 Å². The van der Waals surface area contributed by atoms with Gasteiger partial charge >= 0.3 is 5.97 Å². The van der Waals surface area contributed by atoms with Crippen LogP contribution in [0.4, 0.5) is 0 Å². The maximum absolute atomic E-state index is 11.6. The molecule has 6 heteroatoms. The number of carbonyl (C=O) groups excluding carboxylic acids is 1. The van der Waals surface area contributed by atoms with Crippen LogP contribution in [0.5, 0.6) is 0 Å². The fourth-order valence-electron chi connectivity index (χ4n) is 1.39. The molecule has 17 heavy (non-hydrogen) atoms. The molecule has 0 bridgehead atoms. The first-order valence-corrected chi connectivity index (χ1v) is 5.78. The van der Waals surface area contributed by atoms with Crippen LogP contribution in [-0.2, 0) is 4.74 Å². The first-order chi connectivity index (χ1) is 8.11. The number of carbonyl (C=O) groups is 1. The van der Waals surface area contributed by atoms with Crippen LogP contribution >= 0.6 is 15.9 Å². The van der Waals surface area contributed by atoms with E-state index in [1.165, 1.54) is 0 Å². The number of rotatable bonds is 2. The lowest BCUT2D eigenvalue weighted by molar-refractivity contribution is 0.0517. The van der Waals surface area contributed by atoms with Crippen molar-refractivity contribution in [2.24, 2.45) is 0 Å². The number of benzene rings is 1. The van der Waals surface area contributed by atoms with Crippen molar-refractivity contribution >= 4 is 32.9 Å². The molecule has 2 rings (SSSR count). The standard InChI is InChI=1S/C11H9BrN2O3/c1-2-17-11(16)9-10(15)14-7-4-3-6(12)5-8(7)13-9/h3-5H,2H2,1H3,(H,14,15). The molecule has 0 aliphatic heterocycles. The quantitative estimate of drug-likeness (QED) is 0.859. The van der Waals surface area contributed by atoms with Crippen LogP contribution in [0.2, 0.25) is 0 Å². The summed E-state index contributed by atoms with van der Waals surface area (Å²) >= 11 is 3.30. The molecular formula is C11H9BrN2O3. The Kier molecular flexibility index (Phi) is 3.23. The average Bonchev–Trinajstić information content (AvgIpc) is 2.29. The zero-order chi connectivity index (χ0) is 12.4. The van der Waals surface area contributed by atoms with Gasteiger partial charge in [0.15, 0.2) is 0 Å². The summed E-state index contributed by atoms with van der Waals surface area (Å²) in [5.74, 6) is -0.712. The lowest BCUT2D eigenvalue weighted by Gasteiger charge is -2.02. The molecule has 88 valence electrons. The van der Waals surface area contributed by atoms with Crippen LogP contribution in [0.3, 0.4) is 0 Å². The van der Waals surface area contributed by atoms with E-state index in [9.17, 15) is 9.59 Å². The van der Waals surface area contributed by atoms with E-state index >= 15 is 0 Å². The van der Waals surface area contributed by atoms with E-state index < -0.39 is 11.5 Å². The first kappa shape index (κ1) is 11.8. The predicted molar refractivity (Wildman–Crippen MR) is 66.0 cm³/mol. The number of aromatic nitrogens is 2. The van der Waals surface area contributed by atoms with Crippen molar-refractivity contribution in [2.45, 2.75) is 6.92 Å². The maximum Gasteiger partial charge on any atom is 0.362 e. The Balaban J connectivity index is 2.61. The number of halogens is 1. The summed E-state index contributed by atoms with van der Waals surface area (Å²) in [5.41, 5.74) is 0.337. The molecule has 0 atom stereocenters. The second kappa shape index (κ2) is 4.67. The van der Waals surface area contributed by atoms with Gasteiger partial charge < -0.3 is 9.72 Å². The highest BCUT2D eigenvalue weighted by molar-refractivity contribution is 9.10. The van der Waals surface area contributed by atoms with Crippen molar-refractivity contribution in [3.63, 3.8) is 0 Å². The fraction of sp³-hybridized carbons (Fsp3) is 0.182. The molecule has 1 N–H and O–H groups in total. The van der Waals surface area contributed by atoms with E-state index in [2.05, 4.69) is 25.9 Å². The van der Waals surface area contributed by atoms with Crippen molar-refractivity contribution in [1.29, 1.82) is 0 Å². The van der Waals surface area contributed by atoms with E-state index in [4.69, 9.17) is 4.74 Å². The van der Waals surface area contributed by atoms with Gasteiger partial charge in [-0.25, -0.2) is 9.78 Å². The topological polar surface area (TPSA) is 72.0 Å². The highest BCUT2D eigenvalue weighted by Crippen LogP contribution is 2.15. The summed E-state index contributed by atoms with van der Waals surface area (Å²) in [6.07, 6.45) is 0. The molecule has 0 saturated carbocycles. The summed E-state index contributed by atoms with van der Waals surface area (Å²) in [7, 11) is 0. The van der Waals surface area contributed by atoms with Gasteiger partial charge in [-0.3, -0.25) is 4.79 Å². The number of nitrogens with zero attached hydrogens (tertiary/aromatic N) is 1. The third-order valence-electron chi connectivity index (χ3n) is 2.12. The Labute approximate surface area is 105 Å². The molecule has 5 nitrogen and oxygen atoms in total. The molecule has 1 aromatic heterocycles. The number of esters is 1. The molecule has 0 aliphatic carbocycles. The minimum Gasteiger partial charge on any atom is -0.461 e. The second-order valence-corrected chi connectivity index (χ2v) is 4.21. The molecule has 1 heterocycles. The van der Waals surface area contributed by atoms with Gasteiger partial charge in [-0.2, -0.15) is 0 Å². The Morgan fingerprint density at radius 1 is 1.53 bits per heavy atom. The molecule has 0 unspecified atom stereocenters. The zero-order valence-corrected chi connectivity index (χ0v) is 10.6. The van der Waals surface area contributed by atoms with Crippen LogP contribution in [0.15, 0.2) is 27.5 Å². The molecule has 0 saturated heterocycles. The van der Waals surface area contributed by atoms with Crippen molar-refractivity contribution in [2.75, 3.05) is 6.61 Å². The van der Waals surface area contributed by atoms with E-state index in [1.54, 1.807) is 25.1 Å². The molecular weight excluding hydrogens is 288 g/mol. The van der Waals surface area contributed by atoms with Gasteiger partial charge in [-0.05, 0) is 25.1 Å². The normalized spacial score (nSPS) is 10.5. The maximum atomic E-state index is 11.6. The number of fused-ring (bicyclic) bond motifs is 1. The average molecular weight is 297 g/mol. The number of hydrogen-bond donors (Lipinski definition) is 1. The van der Waals surface area contributed by atoms with Gasteiger partial charge in [0.05, 0.1) is 17.6 Å². The highest BCUT2D eigenvalue weighted by atomic mass is 79.9. The smallest absolute Gasteiger partial charge is 0.362 e. The second-order valence-electron chi connectivity index (χ2n) is 3.30. The Hall–Kier alpha value is -1.69. The molecule has 0 amide bonds. The molecule has 1 aromatic carbocycles. The van der Waals surface area contributed by atoms with Crippen molar-refractivity contribution in [1.82, 2.24) is 9.97 Å². The van der Waals surface area contributed by atoms with Gasteiger partial charge in [0.1, 0.15) is 0 Å². The number of nitrogens with one attached hydrogen (secondary N) is 1. The number of ether oxygens (including phenoxy) is 1. The minimum atomic E-state index is -0.712. The minimum absolute atomic E-state index is 0.205. The summed E-state index contributed by atoms with van der Waals surface area (Å²) in [6.45, 7) is 1.88. The Bertz CT molecular complexity index is 636. The van der Waals surface area contributed by atoms with E-state index in [0.29, 0.717) is 11.0 Å². The van der Waals surface area contributed by atoms with Crippen LogP contribution in [0, 0.1) is 0 Å². The summed E-state index contributed by atoms with van der Waals surface area (Å²) in [5, 5.41) is 0. The Morgan fingerprint density at radius 2 is 2.29 bits per heavy atom. The number of aromatic amines is 1. The first-order valence-electron chi connectivity index (χ1n) is 4.98. The summed E-state index contributed by atoms with van der Waals surface area (Å²) in [4.78, 5) is 29.7. The van der Waals surface area contributed by atoms with Gasteiger partial charge in [0, 0.05) is 4.47 Å². The van der Waals surface area contributed by atoms with Gasteiger partial charge in [-0.1, -0.05) is 15.9 Å². The third-order valence-corrected chi connectivity index (χ3v) is 2.62.